The molecule has 1 aromatic carbocycles. The van der Waals surface area contributed by atoms with Gasteiger partial charge in [0.2, 0.25) is 5.91 Å². The quantitative estimate of drug-likeness (QED) is 0.558. The lowest BCUT2D eigenvalue weighted by atomic mass is 10.3. The molecule has 0 atom stereocenters. The van der Waals surface area contributed by atoms with E-state index in [9.17, 15) is 9.59 Å². The molecular formula is C14H18Cl2N2O4. The van der Waals surface area contributed by atoms with Crippen molar-refractivity contribution in [3.05, 3.63) is 28.2 Å². The van der Waals surface area contributed by atoms with Crippen LogP contribution in [0.25, 0.3) is 0 Å². The summed E-state index contributed by atoms with van der Waals surface area (Å²) < 4.78 is 10.3. The Morgan fingerprint density at radius 3 is 2.59 bits per heavy atom. The van der Waals surface area contributed by atoms with Crippen molar-refractivity contribution in [2.24, 2.45) is 0 Å². The smallest absolute Gasteiger partial charge is 0.264 e. The zero-order valence-corrected chi connectivity index (χ0v) is 13.7. The van der Waals surface area contributed by atoms with Crippen LogP contribution in [-0.2, 0) is 14.3 Å². The van der Waals surface area contributed by atoms with E-state index in [0.717, 1.165) is 0 Å². The highest BCUT2D eigenvalue weighted by Gasteiger charge is 2.06. The van der Waals surface area contributed by atoms with Gasteiger partial charge >= 0.3 is 0 Å². The number of rotatable bonds is 8. The van der Waals surface area contributed by atoms with Crippen molar-refractivity contribution in [1.82, 2.24) is 10.9 Å². The topological polar surface area (TPSA) is 76.7 Å². The van der Waals surface area contributed by atoms with Crippen molar-refractivity contribution >= 4 is 35.0 Å². The lowest BCUT2D eigenvalue weighted by Crippen LogP contribution is -2.43. The van der Waals surface area contributed by atoms with Crippen molar-refractivity contribution in [2.75, 3.05) is 19.8 Å². The summed E-state index contributed by atoms with van der Waals surface area (Å²) in [5, 5.41) is 0.944. The van der Waals surface area contributed by atoms with Gasteiger partial charge in [-0.3, -0.25) is 20.4 Å². The van der Waals surface area contributed by atoms with Crippen molar-refractivity contribution in [1.29, 1.82) is 0 Å². The molecular weight excluding hydrogens is 331 g/mol. The molecule has 0 bridgehead atoms. The summed E-state index contributed by atoms with van der Waals surface area (Å²) in [6, 6.07) is 4.92. The Morgan fingerprint density at radius 2 is 1.91 bits per heavy atom. The predicted octanol–water partition coefficient (Wildman–Crippen LogP) is 2.34. The summed E-state index contributed by atoms with van der Waals surface area (Å²) >= 11 is 11.7. The Hall–Kier alpha value is -1.50. The highest BCUT2D eigenvalue weighted by Crippen LogP contribution is 2.27. The first-order valence-electron chi connectivity index (χ1n) is 6.76. The van der Waals surface area contributed by atoms with Gasteiger partial charge in [-0.2, -0.15) is 0 Å². The van der Waals surface area contributed by atoms with Crippen LogP contribution in [0.5, 0.6) is 5.75 Å². The maximum atomic E-state index is 11.5. The Morgan fingerprint density at radius 1 is 1.18 bits per heavy atom. The molecule has 0 aromatic heterocycles. The second kappa shape index (κ2) is 10.3. The molecule has 0 saturated carbocycles. The number of benzene rings is 1. The standard InChI is InChI=1S/C14H18Cl2N2O4/c1-2-21-9-14(20)18-17-13(19)4-3-7-22-12-6-5-10(15)8-11(12)16/h5-6,8H,2-4,7,9H2,1H3,(H,17,19)(H,18,20). The monoisotopic (exact) mass is 348 g/mol. The molecule has 0 heterocycles. The van der Waals surface area contributed by atoms with Crippen LogP contribution in [0.15, 0.2) is 18.2 Å². The molecule has 0 aliphatic carbocycles. The zero-order chi connectivity index (χ0) is 16.4. The summed E-state index contributed by atoms with van der Waals surface area (Å²) in [6.07, 6.45) is 0.687. The normalized spacial score (nSPS) is 10.1. The molecule has 1 aromatic rings. The SMILES string of the molecule is CCOCC(=O)NNC(=O)CCCOc1ccc(Cl)cc1Cl. The van der Waals surface area contributed by atoms with Crippen LogP contribution in [0.2, 0.25) is 10.0 Å². The van der Waals surface area contributed by atoms with Gasteiger partial charge in [-0.15, -0.1) is 0 Å². The number of carbonyl (C=O) groups excluding carboxylic acids is 2. The third-order valence-electron chi connectivity index (χ3n) is 2.48. The molecule has 0 aliphatic rings. The van der Waals surface area contributed by atoms with E-state index < -0.39 is 5.91 Å². The van der Waals surface area contributed by atoms with Gasteiger partial charge in [0.15, 0.2) is 0 Å². The van der Waals surface area contributed by atoms with Gasteiger partial charge in [-0.05, 0) is 31.5 Å². The fraction of sp³-hybridized carbons (Fsp3) is 0.429. The Balaban J connectivity index is 2.16. The number of hydrogen-bond acceptors (Lipinski definition) is 4. The van der Waals surface area contributed by atoms with Gasteiger partial charge in [-0.1, -0.05) is 23.2 Å². The van der Waals surface area contributed by atoms with Crippen LogP contribution in [0.4, 0.5) is 0 Å². The lowest BCUT2D eigenvalue weighted by Gasteiger charge is -2.09. The number of hydrogen-bond donors (Lipinski definition) is 2. The van der Waals surface area contributed by atoms with Gasteiger partial charge in [0.05, 0.1) is 11.6 Å². The summed E-state index contributed by atoms with van der Waals surface area (Å²) in [4.78, 5) is 22.7. The highest BCUT2D eigenvalue weighted by atomic mass is 35.5. The summed E-state index contributed by atoms with van der Waals surface area (Å²) in [6.45, 7) is 2.45. The maximum Gasteiger partial charge on any atom is 0.264 e. The first-order valence-corrected chi connectivity index (χ1v) is 7.51. The second-order valence-electron chi connectivity index (χ2n) is 4.26. The Labute approximate surface area is 139 Å². The van der Waals surface area contributed by atoms with Gasteiger partial charge < -0.3 is 9.47 Å². The minimum Gasteiger partial charge on any atom is -0.492 e. The molecule has 0 aliphatic heterocycles. The molecule has 22 heavy (non-hydrogen) atoms. The molecule has 1 rings (SSSR count). The van der Waals surface area contributed by atoms with Crippen LogP contribution in [-0.4, -0.2) is 31.6 Å². The molecule has 0 spiro atoms. The highest BCUT2D eigenvalue weighted by molar-refractivity contribution is 6.35. The first-order chi connectivity index (χ1) is 10.5. The molecule has 0 fully saturated rings. The van der Waals surface area contributed by atoms with Gasteiger partial charge in [0, 0.05) is 18.1 Å². The van der Waals surface area contributed by atoms with E-state index in [1.165, 1.54) is 0 Å². The summed E-state index contributed by atoms with van der Waals surface area (Å²) in [7, 11) is 0. The number of hydrazine groups is 1. The maximum absolute atomic E-state index is 11.5. The largest absolute Gasteiger partial charge is 0.492 e. The zero-order valence-electron chi connectivity index (χ0n) is 12.2. The summed E-state index contributed by atoms with van der Waals surface area (Å²) in [5.41, 5.74) is 4.54. The Kier molecular flexibility index (Phi) is 8.65. The van der Waals surface area contributed by atoms with E-state index in [0.29, 0.717) is 35.4 Å². The molecule has 2 amide bonds. The molecule has 2 N–H and O–H groups in total. The van der Waals surface area contributed by atoms with Crippen molar-refractivity contribution in [3.63, 3.8) is 0 Å². The third-order valence-corrected chi connectivity index (χ3v) is 3.01. The molecule has 0 radical (unpaired) electrons. The fourth-order valence-corrected chi connectivity index (χ4v) is 1.90. The third kappa shape index (κ3) is 7.49. The van der Waals surface area contributed by atoms with E-state index in [1.807, 2.05) is 0 Å². The van der Waals surface area contributed by atoms with Crippen LogP contribution >= 0.6 is 23.2 Å². The molecule has 6 nitrogen and oxygen atoms in total. The van der Waals surface area contributed by atoms with Crippen molar-refractivity contribution < 1.29 is 19.1 Å². The minimum atomic E-state index is -0.403. The molecule has 0 unspecified atom stereocenters. The first kappa shape index (κ1) is 18.5. The van der Waals surface area contributed by atoms with Gasteiger partial charge in [0.25, 0.3) is 5.91 Å². The van der Waals surface area contributed by atoms with Crippen molar-refractivity contribution in [3.8, 4) is 5.75 Å². The Bertz CT molecular complexity index is 512. The van der Waals surface area contributed by atoms with Crippen LogP contribution in [0.3, 0.4) is 0 Å². The van der Waals surface area contributed by atoms with E-state index in [2.05, 4.69) is 10.9 Å². The number of amides is 2. The van der Waals surface area contributed by atoms with Crippen LogP contribution in [0, 0.1) is 0 Å². The predicted molar refractivity (Wildman–Crippen MR) is 84.0 cm³/mol. The van der Waals surface area contributed by atoms with Gasteiger partial charge in [-0.25, -0.2) is 0 Å². The average Bonchev–Trinajstić information content (AvgIpc) is 2.49. The van der Waals surface area contributed by atoms with Crippen LogP contribution in [0.1, 0.15) is 19.8 Å². The molecule has 8 heteroatoms. The van der Waals surface area contributed by atoms with E-state index >= 15 is 0 Å². The van der Waals surface area contributed by atoms with Crippen molar-refractivity contribution in [2.45, 2.75) is 19.8 Å². The van der Waals surface area contributed by atoms with Crippen LogP contribution < -0.4 is 15.6 Å². The molecule has 0 saturated heterocycles. The average molecular weight is 349 g/mol. The number of nitrogens with one attached hydrogen (secondary N) is 2. The fourth-order valence-electron chi connectivity index (χ4n) is 1.44. The van der Waals surface area contributed by atoms with Gasteiger partial charge in [0.1, 0.15) is 12.4 Å². The number of halogens is 2. The minimum absolute atomic E-state index is 0.0883. The van der Waals surface area contributed by atoms with E-state index in [1.54, 1.807) is 25.1 Å². The summed E-state index contributed by atoms with van der Waals surface area (Å²) in [5.74, 6) is -0.202. The number of ether oxygens (including phenoxy) is 2. The van der Waals surface area contributed by atoms with E-state index in [-0.39, 0.29) is 18.9 Å². The number of carbonyl (C=O) groups is 2. The second-order valence-corrected chi connectivity index (χ2v) is 5.10. The van der Waals surface area contributed by atoms with E-state index in [4.69, 9.17) is 32.7 Å². The lowest BCUT2D eigenvalue weighted by molar-refractivity contribution is -0.131. The molecule has 122 valence electrons.